The molecule has 1 aromatic carbocycles. The van der Waals surface area contributed by atoms with E-state index in [1.165, 1.54) is 5.56 Å². The van der Waals surface area contributed by atoms with E-state index in [2.05, 4.69) is 44.0 Å². The minimum absolute atomic E-state index is 0.444. The van der Waals surface area contributed by atoms with Crippen molar-refractivity contribution < 1.29 is 4.74 Å². The van der Waals surface area contributed by atoms with Gasteiger partial charge in [-0.3, -0.25) is 0 Å². The molecule has 0 saturated carbocycles. The second-order valence-corrected chi connectivity index (χ2v) is 4.57. The summed E-state index contributed by atoms with van der Waals surface area (Å²) in [6.45, 7) is 0.910. The Bertz CT molecular complexity index is 274. The van der Waals surface area contributed by atoms with Crippen molar-refractivity contribution in [2.75, 3.05) is 6.61 Å². The fourth-order valence-corrected chi connectivity index (χ4v) is 2.46. The molecular formula is C9H8Br2O. The van der Waals surface area contributed by atoms with E-state index in [9.17, 15) is 0 Å². The Morgan fingerprint density at radius 2 is 1.92 bits per heavy atom. The van der Waals surface area contributed by atoms with E-state index in [0.717, 1.165) is 22.0 Å². The maximum Gasteiger partial charge on any atom is 0.0850 e. The van der Waals surface area contributed by atoms with Crippen LogP contribution in [0, 0.1) is 0 Å². The summed E-state index contributed by atoms with van der Waals surface area (Å²) >= 11 is 7.04. The van der Waals surface area contributed by atoms with Gasteiger partial charge < -0.3 is 4.74 Å². The van der Waals surface area contributed by atoms with Gasteiger partial charge in [-0.1, -0.05) is 37.9 Å². The number of hydrogen-bond acceptors (Lipinski definition) is 1. The predicted octanol–water partition coefficient (Wildman–Crippen LogP) is 3.15. The van der Waals surface area contributed by atoms with Gasteiger partial charge in [0.25, 0.3) is 0 Å². The second-order valence-electron chi connectivity index (χ2n) is 2.86. The third-order valence-electron chi connectivity index (χ3n) is 1.90. The quantitative estimate of drug-likeness (QED) is 0.763. The SMILES string of the molecule is Brc1cccc(Br)c1CC1CO1. The van der Waals surface area contributed by atoms with Gasteiger partial charge in [0.1, 0.15) is 0 Å². The molecule has 0 radical (unpaired) electrons. The third-order valence-corrected chi connectivity index (χ3v) is 3.38. The van der Waals surface area contributed by atoms with Gasteiger partial charge in [-0.05, 0) is 17.7 Å². The number of benzene rings is 1. The first-order chi connectivity index (χ1) is 5.77. The van der Waals surface area contributed by atoms with Gasteiger partial charge in [0.15, 0.2) is 0 Å². The van der Waals surface area contributed by atoms with E-state index in [0.29, 0.717) is 6.10 Å². The Morgan fingerprint density at radius 1 is 1.33 bits per heavy atom. The zero-order valence-corrected chi connectivity index (χ0v) is 9.56. The minimum Gasteiger partial charge on any atom is -0.373 e. The van der Waals surface area contributed by atoms with Crippen LogP contribution in [0.1, 0.15) is 5.56 Å². The third kappa shape index (κ3) is 1.90. The van der Waals surface area contributed by atoms with Crippen molar-refractivity contribution in [2.24, 2.45) is 0 Å². The van der Waals surface area contributed by atoms with Gasteiger partial charge in [0.05, 0.1) is 12.7 Å². The molecule has 0 aromatic heterocycles. The van der Waals surface area contributed by atoms with Gasteiger partial charge in [-0.15, -0.1) is 0 Å². The highest BCUT2D eigenvalue weighted by Crippen LogP contribution is 2.29. The lowest BCUT2D eigenvalue weighted by Gasteiger charge is -2.04. The molecule has 1 fully saturated rings. The highest BCUT2D eigenvalue weighted by atomic mass is 79.9. The molecule has 64 valence electrons. The first-order valence-electron chi connectivity index (χ1n) is 3.82. The molecule has 1 nitrogen and oxygen atoms in total. The van der Waals surface area contributed by atoms with Crippen LogP contribution in [0.5, 0.6) is 0 Å². The van der Waals surface area contributed by atoms with Crippen LogP contribution in [0.15, 0.2) is 27.1 Å². The van der Waals surface area contributed by atoms with Crippen LogP contribution in [0.3, 0.4) is 0 Å². The van der Waals surface area contributed by atoms with Crippen molar-refractivity contribution in [3.8, 4) is 0 Å². The van der Waals surface area contributed by atoms with Gasteiger partial charge in [-0.25, -0.2) is 0 Å². The Labute approximate surface area is 88.4 Å². The Kier molecular flexibility index (Phi) is 2.53. The second kappa shape index (κ2) is 3.48. The van der Waals surface area contributed by atoms with E-state index in [1.54, 1.807) is 0 Å². The minimum atomic E-state index is 0.444. The Balaban J connectivity index is 2.26. The monoisotopic (exact) mass is 290 g/mol. The first kappa shape index (κ1) is 8.73. The van der Waals surface area contributed by atoms with E-state index in [1.807, 2.05) is 6.07 Å². The molecule has 0 spiro atoms. The zero-order chi connectivity index (χ0) is 8.55. The average Bonchev–Trinajstić information content (AvgIpc) is 2.80. The number of halogens is 2. The average molecular weight is 292 g/mol. The van der Waals surface area contributed by atoms with E-state index in [4.69, 9.17) is 4.74 Å². The molecule has 12 heavy (non-hydrogen) atoms. The number of rotatable bonds is 2. The zero-order valence-electron chi connectivity index (χ0n) is 6.39. The summed E-state index contributed by atoms with van der Waals surface area (Å²) in [4.78, 5) is 0. The molecule has 1 aliphatic heterocycles. The predicted molar refractivity (Wildman–Crippen MR) is 55.3 cm³/mol. The van der Waals surface area contributed by atoms with Crippen LogP contribution in [0.25, 0.3) is 0 Å². The standard InChI is InChI=1S/C9H8Br2O/c10-8-2-1-3-9(11)7(8)4-6-5-12-6/h1-3,6H,4-5H2. The first-order valence-corrected chi connectivity index (χ1v) is 5.40. The molecule has 1 aliphatic rings. The smallest absolute Gasteiger partial charge is 0.0850 e. The number of ether oxygens (including phenoxy) is 1. The lowest BCUT2D eigenvalue weighted by atomic mass is 10.1. The normalized spacial score (nSPS) is 21.0. The van der Waals surface area contributed by atoms with Crippen molar-refractivity contribution in [3.63, 3.8) is 0 Å². The summed E-state index contributed by atoms with van der Waals surface area (Å²) in [5, 5.41) is 0. The molecule has 0 aliphatic carbocycles. The summed E-state index contributed by atoms with van der Waals surface area (Å²) < 4.78 is 7.50. The summed E-state index contributed by atoms with van der Waals surface area (Å²) in [6, 6.07) is 6.14. The fraction of sp³-hybridized carbons (Fsp3) is 0.333. The molecule has 1 saturated heterocycles. The lowest BCUT2D eigenvalue weighted by molar-refractivity contribution is 0.407. The van der Waals surface area contributed by atoms with E-state index < -0.39 is 0 Å². The summed E-state index contributed by atoms with van der Waals surface area (Å²) in [6.07, 6.45) is 1.45. The van der Waals surface area contributed by atoms with Crippen LogP contribution in [-0.2, 0) is 11.2 Å². The molecule has 1 heterocycles. The van der Waals surface area contributed by atoms with E-state index in [-0.39, 0.29) is 0 Å². The van der Waals surface area contributed by atoms with Crippen LogP contribution in [-0.4, -0.2) is 12.7 Å². The molecular weight excluding hydrogens is 284 g/mol. The molecule has 0 bridgehead atoms. The number of hydrogen-bond donors (Lipinski definition) is 0. The van der Waals surface area contributed by atoms with Crippen molar-refractivity contribution in [1.82, 2.24) is 0 Å². The van der Waals surface area contributed by atoms with Gasteiger partial charge in [-0.2, -0.15) is 0 Å². The van der Waals surface area contributed by atoms with Gasteiger partial charge in [0, 0.05) is 15.4 Å². The summed E-state index contributed by atoms with van der Waals surface area (Å²) in [5.41, 5.74) is 1.31. The molecule has 0 N–H and O–H groups in total. The Hall–Kier alpha value is 0.140. The Morgan fingerprint density at radius 3 is 2.42 bits per heavy atom. The van der Waals surface area contributed by atoms with Crippen LogP contribution in [0.2, 0.25) is 0 Å². The number of epoxide rings is 1. The highest BCUT2D eigenvalue weighted by Gasteiger charge is 2.24. The molecule has 1 atom stereocenters. The van der Waals surface area contributed by atoms with Gasteiger partial charge in [0.2, 0.25) is 0 Å². The van der Waals surface area contributed by atoms with Crippen LogP contribution >= 0.6 is 31.9 Å². The van der Waals surface area contributed by atoms with Crippen molar-refractivity contribution >= 4 is 31.9 Å². The molecule has 3 heteroatoms. The molecule has 1 unspecified atom stereocenters. The lowest BCUT2D eigenvalue weighted by Crippen LogP contribution is -1.95. The topological polar surface area (TPSA) is 12.5 Å². The fourth-order valence-electron chi connectivity index (χ4n) is 1.14. The highest BCUT2D eigenvalue weighted by molar-refractivity contribution is 9.11. The summed E-state index contributed by atoms with van der Waals surface area (Å²) in [5.74, 6) is 0. The van der Waals surface area contributed by atoms with Crippen molar-refractivity contribution in [2.45, 2.75) is 12.5 Å². The van der Waals surface area contributed by atoms with Crippen molar-refractivity contribution in [1.29, 1.82) is 0 Å². The molecule has 1 aromatic rings. The largest absolute Gasteiger partial charge is 0.373 e. The molecule has 2 rings (SSSR count). The maximum atomic E-state index is 5.18. The van der Waals surface area contributed by atoms with Crippen LogP contribution in [0.4, 0.5) is 0 Å². The summed E-state index contributed by atoms with van der Waals surface area (Å²) in [7, 11) is 0. The van der Waals surface area contributed by atoms with Crippen LogP contribution < -0.4 is 0 Å². The van der Waals surface area contributed by atoms with Gasteiger partial charge >= 0.3 is 0 Å². The maximum absolute atomic E-state index is 5.18. The van der Waals surface area contributed by atoms with Crippen molar-refractivity contribution in [3.05, 3.63) is 32.7 Å². The van der Waals surface area contributed by atoms with E-state index >= 15 is 0 Å². The molecule has 0 amide bonds.